The lowest BCUT2D eigenvalue weighted by molar-refractivity contribution is -0.155. The lowest BCUT2D eigenvalue weighted by atomic mass is 9.62. The first-order chi connectivity index (χ1) is 20.2. The first-order valence-corrected chi connectivity index (χ1v) is 16.0. The highest BCUT2D eigenvalue weighted by atomic mass is 35.5. The molecule has 9 heteroatoms. The Kier molecular flexibility index (Phi) is 9.01. The number of ether oxygens (including phenoxy) is 1. The summed E-state index contributed by atoms with van der Waals surface area (Å²) in [5.74, 6) is -2.07. The Morgan fingerprint density at radius 1 is 1.09 bits per heavy atom. The number of hydrogen-bond acceptors (Lipinski definition) is 5. The zero-order chi connectivity index (χ0) is 31.3. The average Bonchev–Trinajstić information content (AvgIpc) is 3.40. The Balaban J connectivity index is 1.52. The van der Waals surface area contributed by atoms with Crippen LogP contribution in [0.1, 0.15) is 90.2 Å². The van der Waals surface area contributed by atoms with Gasteiger partial charge in [-0.1, -0.05) is 76.0 Å². The Labute approximate surface area is 263 Å². The van der Waals surface area contributed by atoms with Gasteiger partial charge < -0.3 is 15.4 Å². The lowest BCUT2D eigenvalue weighted by Crippen LogP contribution is -2.49. The van der Waals surface area contributed by atoms with Gasteiger partial charge in [-0.15, -0.1) is 0 Å². The normalized spacial score (nSPS) is 28.7. The van der Waals surface area contributed by atoms with Gasteiger partial charge in [0.25, 0.3) is 0 Å². The number of halogens is 3. The molecule has 2 fully saturated rings. The molecule has 5 rings (SSSR count). The maximum Gasteiger partial charge on any atom is 0.308 e. The average molecular weight is 632 g/mol. The number of esters is 1. The molecule has 3 aliphatic rings. The number of nitrogens with one attached hydrogen (secondary N) is 2. The molecule has 232 valence electrons. The van der Waals surface area contributed by atoms with Crippen molar-refractivity contribution in [2.75, 3.05) is 5.32 Å². The molecule has 0 unspecified atom stereocenters. The maximum atomic E-state index is 16.0. The third kappa shape index (κ3) is 6.10. The molecule has 0 aromatic heterocycles. The van der Waals surface area contributed by atoms with Crippen molar-refractivity contribution < 1.29 is 23.5 Å². The minimum atomic E-state index is -1.26. The summed E-state index contributed by atoms with van der Waals surface area (Å²) in [6.45, 7) is 9.90. The highest BCUT2D eigenvalue weighted by molar-refractivity contribution is 6.31. The van der Waals surface area contributed by atoms with E-state index in [2.05, 4.69) is 31.4 Å². The van der Waals surface area contributed by atoms with Crippen molar-refractivity contribution in [3.8, 4) is 0 Å². The van der Waals surface area contributed by atoms with Gasteiger partial charge in [0.05, 0.1) is 17.0 Å². The number of carbonyl (C=O) groups is 3. The molecule has 0 bridgehead atoms. The number of amides is 1. The van der Waals surface area contributed by atoms with Crippen LogP contribution in [0.4, 0.5) is 10.1 Å². The van der Waals surface area contributed by atoms with Crippen molar-refractivity contribution in [2.24, 2.45) is 17.3 Å². The Hall–Kier alpha value is -2.48. The number of benzene rings is 2. The molecule has 1 saturated carbocycles. The number of Topliss-reactive ketones (excluding diaryl/α,β-unsaturated/α-hetero) is 1. The molecule has 43 heavy (non-hydrogen) atoms. The number of carbonyl (C=O) groups excluding carboxylic acids is 3. The molecule has 2 aromatic carbocycles. The minimum Gasteiger partial charge on any atom is -0.462 e. The smallest absolute Gasteiger partial charge is 0.308 e. The SMILES string of the molecule is CC(C)C(=O)OC1CCC(CC(=O)[C@@H]2N[C@H](CC(C)(C)C)[C@]3(C(=O)Nc4cc(Cl)ccc43)[C@H]2c2cccc(Cl)c2F)CC1. The molecule has 4 atom stereocenters. The number of ketones is 1. The standard InChI is InChI=1S/C34H41Cl2FN2O4/c1-18(2)31(41)43-21-12-9-19(10-13-21)15-26(40)30-28(22-7-6-8-24(36)29(22)37)34(27(39-30)17-33(3,4)5)23-14-11-20(35)16-25(23)38-32(34)42/h6-8,11,14,16,18-19,21,27-28,30,39H,9-10,12-13,15,17H2,1-5H3,(H,38,42)/t19?,21?,27-,28+,30+,34+/m1/s1. The summed E-state index contributed by atoms with van der Waals surface area (Å²) in [7, 11) is 0. The first-order valence-electron chi connectivity index (χ1n) is 15.3. The largest absolute Gasteiger partial charge is 0.462 e. The Morgan fingerprint density at radius 2 is 1.79 bits per heavy atom. The first kappa shape index (κ1) is 31.9. The van der Waals surface area contributed by atoms with E-state index in [-0.39, 0.29) is 58.0 Å². The summed E-state index contributed by atoms with van der Waals surface area (Å²) in [6, 6.07) is 8.79. The van der Waals surface area contributed by atoms with Crippen molar-refractivity contribution in [3.63, 3.8) is 0 Å². The second kappa shape index (κ2) is 12.1. The molecule has 0 radical (unpaired) electrons. The molecule has 1 saturated heterocycles. The van der Waals surface area contributed by atoms with Gasteiger partial charge in [0.1, 0.15) is 17.3 Å². The van der Waals surface area contributed by atoms with Gasteiger partial charge in [-0.05, 0) is 72.8 Å². The predicted molar refractivity (Wildman–Crippen MR) is 167 cm³/mol. The van der Waals surface area contributed by atoms with Gasteiger partial charge in [-0.3, -0.25) is 14.4 Å². The summed E-state index contributed by atoms with van der Waals surface area (Å²) < 4.78 is 21.6. The van der Waals surface area contributed by atoms with Gasteiger partial charge >= 0.3 is 5.97 Å². The zero-order valence-electron chi connectivity index (χ0n) is 25.4. The van der Waals surface area contributed by atoms with Crippen molar-refractivity contribution in [3.05, 3.63) is 63.4 Å². The van der Waals surface area contributed by atoms with Crippen LogP contribution in [0.15, 0.2) is 36.4 Å². The van der Waals surface area contributed by atoms with Gasteiger partial charge in [0.15, 0.2) is 5.78 Å². The van der Waals surface area contributed by atoms with E-state index in [1.54, 1.807) is 24.3 Å². The molecule has 1 amide bonds. The minimum absolute atomic E-state index is 0.0536. The van der Waals surface area contributed by atoms with Crippen molar-refractivity contribution >= 4 is 46.5 Å². The van der Waals surface area contributed by atoms with E-state index >= 15 is 4.39 Å². The van der Waals surface area contributed by atoms with Gasteiger partial charge in [-0.25, -0.2) is 4.39 Å². The molecule has 1 spiro atoms. The second-order valence-electron chi connectivity index (χ2n) is 14.0. The summed E-state index contributed by atoms with van der Waals surface area (Å²) in [4.78, 5) is 40.7. The van der Waals surface area contributed by atoms with Crippen LogP contribution in [-0.2, 0) is 24.5 Å². The molecular formula is C34H41Cl2FN2O4. The van der Waals surface area contributed by atoms with Crippen LogP contribution in [-0.4, -0.2) is 35.8 Å². The molecule has 2 aromatic rings. The highest BCUT2D eigenvalue weighted by Crippen LogP contribution is 2.57. The fourth-order valence-electron chi connectivity index (χ4n) is 7.37. The number of anilines is 1. The summed E-state index contributed by atoms with van der Waals surface area (Å²) in [6.07, 6.45) is 3.63. The Morgan fingerprint density at radius 3 is 2.44 bits per heavy atom. The van der Waals surface area contributed by atoms with Crippen LogP contribution < -0.4 is 10.6 Å². The topological polar surface area (TPSA) is 84.5 Å². The van der Waals surface area contributed by atoms with Crippen LogP contribution in [0.2, 0.25) is 10.0 Å². The van der Waals surface area contributed by atoms with Crippen LogP contribution >= 0.6 is 23.2 Å². The second-order valence-corrected chi connectivity index (χ2v) is 14.8. The number of fused-ring (bicyclic) bond motifs is 2. The van der Waals surface area contributed by atoms with Crippen molar-refractivity contribution in [2.45, 2.75) is 103 Å². The summed E-state index contributed by atoms with van der Waals surface area (Å²) >= 11 is 12.6. The van der Waals surface area contributed by atoms with E-state index in [1.165, 1.54) is 6.07 Å². The van der Waals surface area contributed by atoms with Gasteiger partial charge in [-0.2, -0.15) is 0 Å². The zero-order valence-corrected chi connectivity index (χ0v) is 26.9. The van der Waals surface area contributed by atoms with Crippen LogP contribution in [0.3, 0.4) is 0 Å². The predicted octanol–water partition coefficient (Wildman–Crippen LogP) is 7.60. The molecule has 1 aliphatic carbocycles. The van der Waals surface area contributed by atoms with Gasteiger partial charge in [0, 0.05) is 29.1 Å². The fraction of sp³-hybridized carbons (Fsp3) is 0.559. The highest BCUT2D eigenvalue weighted by Gasteiger charge is 2.66. The third-order valence-corrected chi connectivity index (χ3v) is 9.85. The number of hydrogen-bond donors (Lipinski definition) is 2. The van der Waals surface area contributed by atoms with E-state index in [9.17, 15) is 14.4 Å². The van der Waals surface area contributed by atoms with E-state index in [4.69, 9.17) is 27.9 Å². The van der Waals surface area contributed by atoms with Crippen molar-refractivity contribution in [1.29, 1.82) is 0 Å². The maximum absolute atomic E-state index is 16.0. The molecule has 2 heterocycles. The lowest BCUT2D eigenvalue weighted by Gasteiger charge is -2.38. The molecule has 2 N–H and O–H groups in total. The van der Waals surface area contributed by atoms with E-state index in [1.807, 2.05) is 19.9 Å². The fourth-order valence-corrected chi connectivity index (χ4v) is 7.72. The number of rotatable bonds is 7. The monoisotopic (exact) mass is 630 g/mol. The van der Waals surface area contributed by atoms with E-state index < -0.39 is 29.2 Å². The summed E-state index contributed by atoms with van der Waals surface area (Å²) in [5.41, 5.74) is 0.0594. The quantitative estimate of drug-likeness (QED) is 0.308. The van der Waals surface area contributed by atoms with Crippen molar-refractivity contribution in [1.82, 2.24) is 5.32 Å². The van der Waals surface area contributed by atoms with Crippen LogP contribution in [0.5, 0.6) is 0 Å². The van der Waals surface area contributed by atoms with Crippen LogP contribution in [0.25, 0.3) is 0 Å². The third-order valence-electron chi connectivity index (χ3n) is 9.32. The molecular weight excluding hydrogens is 590 g/mol. The molecule has 2 aliphatic heterocycles. The van der Waals surface area contributed by atoms with E-state index in [0.717, 1.165) is 12.8 Å². The summed E-state index contributed by atoms with van der Waals surface area (Å²) in [5, 5.41) is 7.01. The van der Waals surface area contributed by atoms with E-state index in [0.29, 0.717) is 35.5 Å². The molecule has 6 nitrogen and oxygen atoms in total. The van der Waals surface area contributed by atoms with Gasteiger partial charge in [0.2, 0.25) is 5.91 Å². The van der Waals surface area contributed by atoms with Crippen LogP contribution in [0, 0.1) is 23.1 Å². The Bertz CT molecular complexity index is 1420.